The number of aromatic amines is 1. The lowest BCUT2D eigenvalue weighted by molar-refractivity contribution is -0.144. The molecule has 1 aromatic heterocycles. The van der Waals surface area contributed by atoms with E-state index in [1.807, 2.05) is 0 Å². The van der Waals surface area contributed by atoms with Crippen molar-refractivity contribution >= 4 is 29.7 Å². The first-order chi connectivity index (χ1) is 15.0. The Morgan fingerprint density at radius 3 is 2.22 bits per heavy atom. The van der Waals surface area contributed by atoms with E-state index >= 15 is 0 Å². The van der Waals surface area contributed by atoms with E-state index in [2.05, 4.69) is 25.9 Å². The van der Waals surface area contributed by atoms with Crippen LogP contribution in [0.15, 0.2) is 12.5 Å². The Morgan fingerprint density at radius 2 is 1.72 bits per heavy atom. The van der Waals surface area contributed by atoms with Crippen LogP contribution in [0.3, 0.4) is 0 Å². The van der Waals surface area contributed by atoms with Gasteiger partial charge < -0.3 is 36.9 Å². The molecular weight excluding hydrogens is 424 g/mol. The van der Waals surface area contributed by atoms with Crippen molar-refractivity contribution in [3.63, 3.8) is 0 Å². The average molecular weight is 454 g/mol. The van der Waals surface area contributed by atoms with Gasteiger partial charge in [-0.1, -0.05) is 20.3 Å². The molecule has 0 saturated heterocycles. The quantitative estimate of drug-likeness (QED) is 0.181. The Bertz CT molecular complexity index is 813. The minimum atomic E-state index is -1.54. The molecule has 0 spiro atoms. The maximum absolute atomic E-state index is 12.5. The zero-order valence-electron chi connectivity index (χ0n) is 18.1. The molecule has 1 rings (SSSR count). The fourth-order valence-electron chi connectivity index (χ4n) is 2.73. The number of rotatable bonds is 13. The van der Waals surface area contributed by atoms with Crippen LogP contribution < -0.4 is 21.7 Å². The molecule has 5 atom stereocenters. The summed E-state index contributed by atoms with van der Waals surface area (Å²) in [6.07, 6.45) is 2.76. The topological polar surface area (TPSA) is 217 Å². The molecule has 5 unspecified atom stereocenters. The Labute approximate surface area is 184 Å². The third-order valence-electron chi connectivity index (χ3n) is 4.87. The van der Waals surface area contributed by atoms with Gasteiger partial charge in [-0.3, -0.25) is 19.2 Å². The van der Waals surface area contributed by atoms with Crippen LogP contribution in [0, 0.1) is 5.92 Å². The minimum Gasteiger partial charge on any atom is -0.481 e. The van der Waals surface area contributed by atoms with Crippen LogP contribution in [0.5, 0.6) is 0 Å². The van der Waals surface area contributed by atoms with E-state index in [0.29, 0.717) is 12.1 Å². The largest absolute Gasteiger partial charge is 0.481 e. The molecule has 0 aliphatic heterocycles. The molecule has 0 aliphatic carbocycles. The third kappa shape index (κ3) is 8.34. The lowest BCUT2D eigenvalue weighted by Gasteiger charge is -2.25. The van der Waals surface area contributed by atoms with Crippen molar-refractivity contribution in [1.29, 1.82) is 0 Å². The highest BCUT2D eigenvalue weighted by Gasteiger charge is 2.32. The standard InChI is InChI=1S/C19H30N6O7/c1-4-9(2)15(19(31)32)25-18(30)13(6-14(26)27)24-16(28)10(3)23-17(29)12(20)5-11-7-21-8-22-11/h7-10,12-13,15H,4-6,20H2,1-3H3,(H,21,22)(H,23,29)(H,24,28)(H,25,30)(H,26,27)(H,31,32). The number of carbonyl (C=O) groups is 5. The predicted octanol–water partition coefficient (Wildman–Crippen LogP) is -1.64. The number of hydrogen-bond donors (Lipinski definition) is 7. The Balaban J connectivity index is 2.76. The number of nitrogens with two attached hydrogens (primary N) is 1. The number of nitrogens with one attached hydrogen (secondary N) is 4. The number of amides is 3. The first-order valence-electron chi connectivity index (χ1n) is 10.0. The molecule has 0 saturated carbocycles. The van der Waals surface area contributed by atoms with Gasteiger partial charge in [0.2, 0.25) is 17.7 Å². The van der Waals surface area contributed by atoms with Crippen LogP contribution in [0.25, 0.3) is 0 Å². The summed E-state index contributed by atoms with van der Waals surface area (Å²) in [7, 11) is 0. The molecule has 0 bridgehead atoms. The number of aromatic nitrogens is 2. The highest BCUT2D eigenvalue weighted by molar-refractivity contribution is 5.95. The summed E-state index contributed by atoms with van der Waals surface area (Å²) in [6.45, 7) is 4.70. The molecule has 0 radical (unpaired) electrons. The average Bonchev–Trinajstić information content (AvgIpc) is 3.22. The van der Waals surface area contributed by atoms with Crippen LogP contribution in [0.1, 0.15) is 39.3 Å². The molecule has 178 valence electrons. The monoisotopic (exact) mass is 454 g/mol. The van der Waals surface area contributed by atoms with E-state index in [1.54, 1.807) is 13.8 Å². The number of nitrogens with zero attached hydrogens (tertiary/aromatic N) is 1. The summed E-state index contributed by atoms with van der Waals surface area (Å²) in [5, 5.41) is 25.3. The summed E-state index contributed by atoms with van der Waals surface area (Å²) in [6, 6.07) is -4.90. The first kappa shape index (κ1) is 26.6. The van der Waals surface area contributed by atoms with Crippen LogP contribution in [0.2, 0.25) is 0 Å². The van der Waals surface area contributed by atoms with Gasteiger partial charge in [-0.25, -0.2) is 9.78 Å². The smallest absolute Gasteiger partial charge is 0.326 e. The third-order valence-corrected chi connectivity index (χ3v) is 4.87. The van der Waals surface area contributed by atoms with Crippen molar-refractivity contribution in [2.75, 3.05) is 0 Å². The second kappa shape index (κ2) is 12.4. The van der Waals surface area contributed by atoms with Gasteiger partial charge in [0.1, 0.15) is 18.1 Å². The molecule has 13 nitrogen and oxygen atoms in total. The van der Waals surface area contributed by atoms with E-state index in [9.17, 15) is 29.1 Å². The number of H-pyrrole nitrogens is 1. The van der Waals surface area contributed by atoms with Gasteiger partial charge in [-0.15, -0.1) is 0 Å². The van der Waals surface area contributed by atoms with Gasteiger partial charge in [0.05, 0.1) is 18.8 Å². The molecule has 32 heavy (non-hydrogen) atoms. The lowest BCUT2D eigenvalue weighted by Crippen LogP contribution is -2.57. The molecule has 3 amide bonds. The van der Waals surface area contributed by atoms with Gasteiger partial charge in [0.15, 0.2) is 0 Å². The summed E-state index contributed by atoms with van der Waals surface area (Å²) in [4.78, 5) is 66.4. The Morgan fingerprint density at radius 1 is 1.06 bits per heavy atom. The number of carboxylic acids is 2. The van der Waals surface area contributed by atoms with Crippen molar-refractivity contribution < 1.29 is 34.2 Å². The predicted molar refractivity (Wildman–Crippen MR) is 111 cm³/mol. The van der Waals surface area contributed by atoms with Crippen LogP contribution >= 0.6 is 0 Å². The molecule has 1 aromatic rings. The fraction of sp³-hybridized carbons (Fsp3) is 0.579. The molecule has 13 heteroatoms. The summed E-state index contributed by atoms with van der Waals surface area (Å²) in [5.74, 6) is -5.50. The van der Waals surface area contributed by atoms with E-state index in [4.69, 9.17) is 10.8 Å². The highest BCUT2D eigenvalue weighted by atomic mass is 16.4. The maximum atomic E-state index is 12.5. The Kier molecular flexibility index (Phi) is 10.3. The van der Waals surface area contributed by atoms with Gasteiger partial charge in [-0.2, -0.15) is 0 Å². The van der Waals surface area contributed by atoms with Gasteiger partial charge in [0.25, 0.3) is 0 Å². The number of imidazole rings is 1. The number of carbonyl (C=O) groups excluding carboxylic acids is 3. The van der Waals surface area contributed by atoms with Crippen molar-refractivity contribution in [2.45, 2.75) is 64.2 Å². The SMILES string of the molecule is CCC(C)C(NC(=O)C(CC(=O)O)NC(=O)C(C)NC(=O)C(N)Cc1cnc[nH]1)C(=O)O. The summed E-state index contributed by atoms with van der Waals surface area (Å²) >= 11 is 0. The molecule has 0 aliphatic rings. The molecular formula is C19H30N6O7. The van der Waals surface area contributed by atoms with Gasteiger partial charge >= 0.3 is 11.9 Å². The number of hydrogen-bond acceptors (Lipinski definition) is 7. The summed E-state index contributed by atoms with van der Waals surface area (Å²) in [5.41, 5.74) is 6.43. The maximum Gasteiger partial charge on any atom is 0.326 e. The van der Waals surface area contributed by atoms with E-state index < -0.39 is 66.2 Å². The van der Waals surface area contributed by atoms with Crippen molar-refractivity contribution in [2.24, 2.45) is 11.7 Å². The van der Waals surface area contributed by atoms with Gasteiger partial charge in [-0.05, 0) is 12.8 Å². The number of carboxylic acid groups (broad SMARTS) is 2. The molecule has 1 heterocycles. The first-order valence-corrected chi connectivity index (χ1v) is 10.0. The van der Waals surface area contributed by atoms with Crippen LogP contribution in [0.4, 0.5) is 0 Å². The van der Waals surface area contributed by atoms with Crippen LogP contribution in [-0.2, 0) is 30.4 Å². The zero-order chi connectivity index (χ0) is 24.4. The molecule has 8 N–H and O–H groups in total. The molecule has 0 aromatic carbocycles. The normalized spacial score (nSPS) is 15.5. The lowest BCUT2D eigenvalue weighted by atomic mass is 9.98. The van der Waals surface area contributed by atoms with Crippen molar-refractivity contribution in [3.05, 3.63) is 18.2 Å². The van der Waals surface area contributed by atoms with Gasteiger partial charge in [0, 0.05) is 18.3 Å². The second-order valence-electron chi connectivity index (χ2n) is 7.49. The summed E-state index contributed by atoms with van der Waals surface area (Å²) < 4.78 is 0. The van der Waals surface area contributed by atoms with Crippen molar-refractivity contribution in [1.82, 2.24) is 25.9 Å². The zero-order valence-corrected chi connectivity index (χ0v) is 18.1. The number of aliphatic carboxylic acids is 2. The van der Waals surface area contributed by atoms with Crippen LogP contribution in [-0.4, -0.2) is 74.0 Å². The Hall–Kier alpha value is -3.48. The fourth-order valence-corrected chi connectivity index (χ4v) is 2.73. The molecule has 0 fully saturated rings. The van der Waals surface area contributed by atoms with Crippen molar-refractivity contribution in [3.8, 4) is 0 Å². The second-order valence-corrected chi connectivity index (χ2v) is 7.49. The minimum absolute atomic E-state index is 0.149. The van der Waals surface area contributed by atoms with E-state index in [0.717, 1.165) is 0 Å². The highest BCUT2D eigenvalue weighted by Crippen LogP contribution is 2.09. The van der Waals surface area contributed by atoms with E-state index in [1.165, 1.54) is 19.4 Å². The van der Waals surface area contributed by atoms with E-state index in [-0.39, 0.29) is 6.42 Å².